The molecule has 0 saturated heterocycles. The molecule has 112 valence electrons. The van der Waals surface area contributed by atoms with Crippen LogP contribution in [0.2, 0.25) is 0 Å². The van der Waals surface area contributed by atoms with Crippen LogP contribution in [0.15, 0.2) is 5.16 Å². The van der Waals surface area contributed by atoms with E-state index >= 15 is 0 Å². The van der Waals surface area contributed by atoms with Gasteiger partial charge in [0.25, 0.3) is 0 Å². The molecule has 0 aliphatic heterocycles. The predicted octanol–water partition coefficient (Wildman–Crippen LogP) is 3.36. The maximum absolute atomic E-state index is 4.48. The zero-order valence-corrected chi connectivity index (χ0v) is 13.5. The smallest absolute Gasteiger partial charge is 0.191 e. The molecule has 1 N–H and O–H groups in total. The molecule has 2 aliphatic carbocycles. The van der Waals surface area contributed by atoms with Crippen molar-refractivity contribution in [1.82, 2.24) is 20.1 Å². The van der Waals surface area contributed by atoms with E-state index in [2.05, 4.69) is 33.9 Å². The minimum Gasteiger partial charge on any atom is -0.313 e. The highest BCUT2D eigenvalue weighted by atomic mass is 32.2. The standard InChI is InChI=1S/C15H26N4S/c1-3-9-16-12(4-2)10-20-15-18-17-14(11-5-6-11)19(15)13-7-8-13/h11-13,16H,3-10H2,1-2H3. The second kappa shape index (κ2) is 6.48. The van der Waals surface area contributed by atoms with Gasteiger partial charge in [-0.1, -0.05) is 25.6 Å². The lowest BCUT2D eigenvalue weighted by molar-refractivity contribution is 0.538. The molecule has 20 heavy (non-hydrogen) atoms. The van der Waals surface area contributed by atoms with Gasteiger partial charge in [-0.3, -0.25) is 0 Å². The van der Waals surface area contributed by atoms with Crippen molar-refractivity contribution in [1.29, 1.82) is 0 Å². The summed E-state index contributed by atoms with van der Waals surface area (Å²) in [6.07, 6.45) is 7.63. The Kier molecular flexibility index (Phi) is 4.66. The number of rotatable bonds is 9. The van der Waals surface area contributed by atoms with E-state index in [4.69, 9.17) is 0 Å². The van der Waals surface area contributed by atoms with Gasteiger partial charge in [0.2, 0.25) is 0 Å². The van der Waals surface area contributed by atoms with Crippen molar-refractivity contribution < 1.29 is 0 Å². The lowest BCUT2D eigenvalue weighted by Crippen LogP contribution is -2.31. The Morgan fingerprint density at radius 1 is 1.25 bits per heavy atom. The first-order valence-corrected chi connectivity index (χ1v) is 9.13. The number of nitrogens with zero attached hydrogens (tertiary/aromatic N) is 3. The molecule has 1 aromatic heterocycles. The summed E-state index contributed by atoms with van der Waals surface area (Å²) in [6.45, 7) is 5.59. The summed E-state index contributed by atoms with van der Waals surface area (Å²) >= 11 is 1.89. The van der Waals surface area contributed by atoms with Crippen molar-refractivity contribution in [3.8, 4) is 0 Å². The Balaban J connectivity index is 1.61. The SMILES string of the molecule is CCCNC(CC)CSc1nnc(C2CC2)n1C1CC1. The van der Waals surface area contributed by atoms with Crippen LogP contribution in [0, 0.1) is 0 Å². The van der Waals surface area contributed by atoms with Crippen molar-refractivity contribution in [3.63, 3.8) is 0 Å². The van der Waals surface area contributed by atoms with Crippen molar-refractivity contribution >= 4 is 11.8 Å². The number of nitrogens with one attached hydrogen (secondary N) is 1. The molecule has 0 spiro atoms. The summed E-state index contributed by atoms with van der Waals surface area (Å²) in [7, 11) is 0. The minimum absolute atomic E-state index is 0.591. The molecule has 2 aliphatic rings. The predicted molar refractivity (Wildman–Crippen MR) is 83.4 cm³/mol. The Morgan fingerprint density at radius 2 is 2.05 bits per heavy atom. The van der Waals surface area contributed by atoms with Crippen LogP contribution in [0.25, 0.3) is 0 Å². The molecule has 1 atom stereocenters. The first-order chi connectivity index (χ1) is 9.83. The van der Waals surface area contributed by atoms with Crippen molar-refractivity contribution in [2.45, 2.75) is 75.5 Å². The number of hydrogen-bond acceptors (Lipinski definition) is 4. The van der Waals surface area contributed by atoms with Gasteiger partial charge >= 0.3 is 0 Å². The third kappa shape index (κ3) is 3.37. The molecule has 1 unspecified atom stereocenters. The average Bonchev–Trinajstić information content (AvgIpc) is 3.38. The Bertz CT molecular complexity index is 437. The largest absolute Gasteiger partial charge is 0.313 e. The van der Waals surface area contributed by atoms with Crippen molar-refractivity contribution in [2.24, 2.45) is 0 Å². The third-order valence-corrected chi connectivity index (χ3v) is 5.24. The highest BCUT2D eigenvalue weighted by molar-refractivity contribution is 7.99. The van der Waals surface area contributed by atoms with Gasteiger partial charge in [0.1, 0.15) is 5.82 Å². The summed E-state index contributed by atoms with van der Waals surface area (Å²) < 4.78 is 2.45. The van der Waals surface area contributed by atoms with Gasteiger partial charge in [0, 0.05) is 23.8 Å². The number of hydrogen-bond donors (Lipinski definition) is 1. The summed E-state index contributed by atoms with van der Waals surface area (Å²) in [5.74, 6) is 3.08. The molecule has 1 heterocycles. The maximum Gasteiger partial charge on any atom is 0.191 e. The third-order valence-electron chi connectivity index (χ3n) is 4.13. The second-order valence-corrected chi connectivity index (χ2v) is 7.07. The van der Waals surface area contributed by atoms with E-state index in [0.29, 0.717) is 18.0 Å². The van der Waals surface area contributed by atoms with Crippen LogP contribution in [0.4, 0.5) is 0 Å². The Morgan fingerprint density at radius 3 is 2.65 bits per heavy atom. The zero-order chi connectivity index (χ0) is 13.9. The van der Waals surface area contributed by atoms with Gasteiger partial charge in [0.15, 0.2) is 5.16 Å². The van der Waals surface area contributed by atoms with Crippen LogP contribution >= 0.6 is 11.8 Å². The van der Waals surface area contributed by atoms with Gasteiger partial charge in [0.05, 0.1) is 0 Å². The minimum atomic E-state index is 0.591. The van der Waals surface area contributed by atoms with Crippen molar-refractivity contribution in [2.75, 3.05) is 12.3 Å². The highest BCUT2D eigenvalue weighted by Crippen LogP contribution is 2.46. The molecule has 4 nitrogen and oxygen atoms in total. The van der Waals surface area contributed by atoms with Crippen LogP contribution in [0.1, 0.15) is 70.2 Å². The van der Waals surface area contributed by atoms with Gasteiger partial charge < -0.3 is 9.88 Å². The van der Waals surface area contributed by atoms with E-state index in [0.717, 1.165) is 17.5 Å². The van der Waals surface area contributed by atoms with E-state index in [1.807, 2.05) is 11.8 Å². The Labute approximate surface area is 126 Å². The summed E-state index contributed by atoms with van der Waals surface area (Å²) in [5, 5.41) is 13.7. The molecule has 1 aromatic rings. The van der Waals surface area contributed by atoms with E-state index in [1.54, 1.807) is 0 Å². The van der Waals surface area contributed by atoms with E-state index in [-0.39, 0.29) is 0 Å². The fourth-order valence-electron chi connectivity index (χ4n) is 2.53. The molecule has 3 rings (SSSR count). The average molecular weight is 294 g/mol. The molecular weight excluding hydrogens is 268 g/mol. The van der Waals surface area contributed by atoms with Gasteiger partial charge in [-0.05, 0) is 45.1 Å². The van der Waals surface area contributed by atoms with Crippen molar-refractivity contribution in [3.05, 3.63) is 5.82 Å². The van der Waals surface area contributed by atoms with Gasteiger partial charge in [-0.2, -0.15) is 0 Å². The fourth-order valence-corrected chi connectivity index (χ4v) is 3.71. The van der Waals surface area contributed by atoms with Crippen LogP contribution in [-0.2, 0) is 0 Å². The fraction of sp³-hybridized carbons (Fsp3) is 0.867. The lowest BCUT2D eigenvalue weighted by atomic mass is 10.2. The van der Waals surface area contributed by atoms with Gasteiger partial charge in [-0.25, -0.2) is 0 Å². The molecule has 2 fully saturated rings. The number of thioether (sulfide) groups is 1. The second-order valence-electron chi connectivity index (χ2n) is 6.09. The molecule has 5 heteroatoms. The van der Waals surface area contributed by atoms with Gasteiger partial charge in [-0.15, -0.1) is 10.2 Å². The lowest BCUT2D eigenvalue weighted by Gasteiger charge is -2.16. The Hall–Kier alpha value is -0.550. The molecule has 0 aromatic carbocycles. The highest BCUT2D eigenvalue weighted by Gasteiger charge is 2.36. The van der Waals surface area contributed by atoms with Crippen LogP contribution in [0.3, 0.4) is 0 Å². The maximum atomic E-state index is 4.48. The topological polar surface area (TPSA) is 42.7 Å². The van der Waals surface area contributed by atoms with E-state index < -0.39 is 0 Å². The van der Waals surface area contributed by atoms with E-state index in [1.165, 1.54) is 44.3 Å². The summed E-state index contributed by atoms with van der Waals surface area (Å²) in [5.41, 5.74) is 0. The first kappa shape index (κ1) is 14.4. The summed E-state index contributed by atoms with van der Waals surface area (Å²) in [6, 6.07) is 1.29. The molecule has 2 saturated carbocycles. The molecule has 0 amide bonds. The van der Waals surface area contributed by atoms with Crippen LogP contribution < -0.4 is 5.32 Å². The first-order valence-electron chi connectivity index (χ1n) is 8.14. The van der Waals surface area contributed by atoms with E-state index in [9.17, 15) is 0 Å². The van der Waals surface area contributed by atoms with Crippen LogP contribution in [-0.4, -0.2) is 33.1 Å². The zero-order valence-electron chi connectivity index (χ0n) is 12.6. The molecular formula is C15H26N4S. The summed E-state index contributed by atoms with van der Waals surface area (Å²) in [4.78, 5) is 0. The molecule has 0 bridgehead atoms. The number of aromatic nitrogens is 3. The van der Waals surface area contributed by atoms with Crippen LogP contribution in [0.5, 0.6) is 0 Å². The molecule has 0 radical (unpaired) electrons. The monoisotopic (exact) mass is 294 g/mol. The quantitative estimate of drug-likeness (QED) is 0.709. The normalized spacial score (nSPS) is 20.3.